The van der Waals surface area contributed by atoms with Crippen LogP contribution in [0, 0.1) is 0 Å². The van der Waals surface area contributed by atoms with Crippen molar-refractivity contribution in [3.63, 3.8) is 0 Å². The zero-order chi connectivity index (χ0) is 17.1. The van der Waals surface area contributed by atoms with E-state index in [2.05, 4.69) is 20.9 Å². The Bertz CT molecular complexity index is 889. The first kappa shape index (κ1) is 15.6. The standard InChI is InChI=1S/C20H20N4O/c25-20(24-14-5-2-1-3-6-14)17-8-9-18(23-15-10-12-21-13-15)16-7-4-11-22-19(16)17/h1-9,11,15,21,23H,10,12-13H2,(H,24,25). The topological polar surface area (TPSA) is 66.1 Å². The van der Waals surface area contributed by atoms with Crippen LogP contribution in [0.1, 0.15) is 16.8 Å². The van der Waals surface area contributed by atoms with Crippen molar-refractivity contribution in [2.24, 2.45) is 0 Å². The molecule has 1 aromatic heterocycles. The summed E-state index contributed by atoms with van der Waals surface area (Å²) in [5, 5.41) is 10.8. The third-order valence-electron chi connectivity index (χ3n) is 4.47. The van der Waals surface area contributed by atoms with E-state index in [0.29, 0.717) is 17.1 Å². The molecule has 1 aliphatic rings. The van der Waals surface area contributed by atoms with E-state index < -0.39 is 0 Å². The van der Waals surface area contributed by atoms with Crippen LogP contribution in [0.5, 0.6) is 0 Å². The average Bonchev–Trinajstić information content (AvgIpc) is 3.16. The van der Waals surface area contributed by atoms with Crippen LogP contribution in [0.3, 0.4) is 0 Å². The van der Waals surface area contributed by atoms with Crippen molar-refractivity contribution in [1.29, 1.82) is 0 Å². The summed E-state index contributed by atoms with van der Waals surface area (Å²) >= 11 is 0. The fourth-order valence-corrected chi connectivity index (χ4v) is 3.20. The van der Waals surface area contributed by atoms with Gasteiger partial charge in [-0.25, -0.2) is 0 Å². The molecular formula is C20H20N4O. The fraction of sp³-hybridized carbons (Fsp3) is 0.200. The number of rotatable bonds is 4. The van der Waals surface area contributed by atoms with Gasteiger partial charge in [-0.2, -0.15) is 0 Å². The molecule has 3 aromatic rings. The summed E-state index contributed by atoms with van der Waals surface area (Å²) in [7, 11) is 0. The Morgan fingerprint density at radius 3 is 2.76 bits per heavy atom. The van der Waals surface area contributed by atoms with Gasteiger partial charge >= 0.3 is 0 Å². The molecule has 0 saturated carbocycles. The van der Waals surface area contributed by atoms with Crippen LogP contribution in [0.15, 0.2) is 60.8 Å². The molecule has 1 saturated heterocycles. The molecule has 4 rings (SSSR count). The maximum atomic E-state index is 12.7. The summed E-state index contributed by atoms with van der Waals surface area (Å²) in [6.07, 6.45) is 2.82. The Balaban J connectivity index is 1.67. The van der Waals surface area contributed by atoms with Crippen LogP contribution in [0.4, 0.5) is 11.4 Å². The summed E-state index contributed by atoms with van der Waals surface area (Å²) in [4.78, 5) is 17.2. The number of anilines is 2. The van der Waals surface area contributed by atoms with E-state index in [9.17, 15) is 4.79 Å². The summed E-state index contributed by atoms with van der Waals surface area (Å²) < 4.78 is 0. The highest BCUT2D eigenvalue weighted by Gasteiger charge is 2.18. The van der Waals surface area contributed by atoms with Crippen LogP contribution < -0.4 is 16.0 Å². The number of carbonyl (C=O) groups excluding carboxylic acids is 1. The van der Waals surface area contributed by atoms with E-state index in [4.69, 9.17) is 0 Å². The van der Waals surface area contributed by atoms with Crippen molar-refractivity contribution in [1.82, 2.24) is 10.3 Å². The number of aromatic nitrogens is 1. The van der Waals surface area contributed by atoms with Gasteiger partial charge in [0.1, 0.15) is 0 Å². The molecule has 1 fully saturated rings. The molecule has 1 amide bonds. The Morgan fingerprint density at radius 1 is 1.08 bits per heavy atom. The predicted octanol–water partition coefficient (Wildman–Crippen LogP) is 3.26. The van der Waals surface area contributed by atoms with Crippen LogP contribution in [0.25, 0.3) is 10.9 Å². The van der Waals surface area contributed by atoms with E-state index in [1.807, 2.05) is 54.6 Å². The second-order valence-corrected chi connectivity index (χ2v) is 6.21. The summed E-state index contributed by atoms with van der Waals surface area (Å²) in [5.74, 6) is -0.149. The second kappa shape index (κ2) is 6.91. The first-order valence-corrected chi connectivity index (χ1v) is 8.52. The number of para-hydroxylation sites is 1. The summed E-state index contributed by atoms with van der Waals surface area (Å²) in [6.45, 7) is 1.99. The molecular weight excluding hydrogens is 312 g/mol. The first-order chi connectivity index (χ1) is 12.3. The lowest BCUT2D eigenvalue weighted by atomic mass is 10.1. The molecule has 0 aliphatic carbocycles. The minimum absolute atomic E-state index is 0.149. The van der Waals surface area contributed by atoms with Crippen molar-refractivity contribution in [2.45, 2.75) is 12.5 Å². The molecule has 0 spiro atoms. The van der Waals surface area contributed by atoms with Crippen molar-refractivity contribution in [3.8, 4) is 0 Å². The van der Waals surface area contributed by atoms with Crippen LogP contribution in [0.2, 0.25) is 0 Å². The molecule has 126 valence electrons. The van der Waals surface area contributed by atoms with E-state index in [1.165, 1.54) is 0 Å². The highest BCUT2D eigenvalue weighted by Crippen LogP contribution is 2.27. The fourth-order valence-electron chi connectivity index (χ4n) is 3.20. The van der Waals surface area contributed by atoms with Gasteiger partial charge in [0.15, 0.2) is 0 Å². The molecule has 3 N–H and O–H groups in total. The normalized spacial score (nSPS) is 16.7. The maximum Gasteiger partial charge on any atom is 0.257 e. The lowest BCUT2D eigenvalue weighted by Crippen LogP contribution is -2.22. The molecule has 1 unspecified atom stereocenters. The summed E-state index contributed by atoms with van der Waals surface area (Å²) in [5.41, 5.74) is 3.09. The molecule has 1 aliphatic heterocycles. The van der Waals surface area contributed by atoms with Gasteiger partial charge in [-0.3, -0.25) is 9.78 Å². The molecule has 0 bridgehead atoms. The van der Waals surface area contributed by atoms with E-state index in [0.717, 1.165) is 36.3 Å². The SMILES string of the molecule is O=C(Nc1ccccc1)c1ccc(NC2CCNC2)c2cccnc12. The van der Waals surface area contributed by atoms with E-state index in [1.54, 1.807) is 6.20 Å². The van der Waals surface area contributed by atoms with Crippen LogP contribution >= 0.6 is 0 Å². The molecule has 0 radical (unpaired) electrons. The number of pyridine rings is 1. The van der Waals surface area contributed by atoms with Crippen molar-refractivity contribution in [3.05, 3.63) is 66.4 Å². The number of hydrogen-bond donors (Lipinski definition) is 3. The molecule has 5 nitrogen and oxygen atoms in total. The lowest BCUT2D eigenvalue weighted by molar-refractivity contribution is 0.102. The Labute approximate surface area is 146 Å². The smallest absolute Gasteiger partial charge is 0.257 e. The number of nitrogens with one attached hydrogen (secondary N) is 3. The minimum Gasteiger partial charge on any atom is -0.380 e. The Hall–Kier alpha value is -2.92. The highest BCUT2D eigenvalue weighted by molar-refractivity contribution is 6.13. The van der Waals surface area contributed by atoms with E-state index in [-0.39, 0.29) is 5.91 Å². The number of nitrogens with zero attached hydrogens (tertiary/aromatic N) is 1. The third-order valence-corrected chi connectivity index (χ3v) is 4.47. The van der Waals surface area contributed by atoms with Gasteiger partial charge in [0, 0.05) is 35.5 Å². The zero-order valence-corrected chi connectivity index (χ0v) is 13.8. The Morgan fingerprint density at radius 2 is 1.96 bits per heavy atom. The first-order valence-electron chi connectivity index (χ1n) is 8.52. The quantitative estimate of drug-likeness (QED) is 0.686. The largest absolute Gasteiger partial charge is 0.380 e. The lowest BCUT2D eigenvalue weighted by Gasteiger charge is -2.16. The number of amides is 1. The van der Waals surface area contributed by atoms with Gasteiger partial charge in [0.05, 0.1) is 11.1 Å². The van der Waals surface area contributed by atoms with Gasteiger partial charge < -0.3 is 16.0 Å². The van der Waals surface area contributed by atoms with Gasteiger partial charge in [-0.15, -0.1) is 0 Å². The third kappa shape index (κ3) is 3.32. The monoisotopic (exact) mass is 332 g/mol. The molecule has 5 heteroatoms. The second-order valence-electron chi connectivity index (χ2n) is 6.21. The average molecular weight is 332 g/mol. The van der Waals surface area contributed by atoms with Gasteiger partial charge in [-0.05, 0) is 49.4 Å². The molecule has 2 aromatic carbocycles. The van der Waals surface area contributed by atoms with Crippen molar-refractivity contribution < 1.29 is 4.79 Å². The Kier molecular flexibility index (Phi) is 4.31. The van der Waals surface area contributed by atoms with Crippen LogP contribution in [-0.2, 0) is 0 Å². The predicted molar refractivity (Wildman–Crippen MR) is 101 cm³/mol. The number of hydrogen-bond acceptors (Lipinski definition) is 4. The maximum absolute atomic E-state index is 12.7. The van der Waals surface area contributed by atoms with Gasteiger partial charge in [0.25, 0.3) is 5.91 Å². The van der Waals surface area contributed by atoms with E-state index >= 15 is 0 Å². The minimum atomic E-state index is -0.149. The number of benzene rings is 2. The zero-order valence-electron chi connectivity index (χ0n) is 13.8. The molecule has 2 heterocycles. The summed E-state index contributed by atoms with van der Waals surface area (Å²) in [6, 6.07) is 17.6. The van der Waals surface area contributed by atoms with Crippen molar-refractivity contribution in [2.75, 3.05) is 23.7 Å². The number of fused-ring (bicyclic) bond motifs is 1. The highest BCUT2D eigenvalue weighted by atomic mass is 16.1. The van der Waals surface area contributed by atoms with Crippen molar-refractivity contribution >= 4 is 28.2 Å². The van der Waals surface area contributed by atoms with Gasteiger partial charge in [0.2, 0.25) is 0 Å². The number of carbonyl (C=O) groups is 1. The van der Waals surface area contributed by atoms with Gasteiger partial charge in [-0.1, -0.05) is 18.2 Å². The van der Waals surface area contributed by atoms with Crippen LogP contribution in [-0.4, -0.2) is 30.0 Å². The molecule has 25 heavy (non-hydrogen) atoms. The molecule has 1 atom stereocenters.